The van der Waals surface area contributed by atoms with Gasteiger partial charge in [-0.2, -0.15) is 266 Å². The number of anilines is 2. The molecule has 1 saturated heterocycles. The van der Waals surface area contributed by atoms with Crippen LogP contribution in [0.2, 0.25) is 0 Å². The monoisotopic (exact) mass is 1960 g/mol. The Hall–Kier alpha value is -7.66. The third kappa shape index (κ3) is 15.6. The van der Waals surface area contributed by atoms with Gasteiger partial charge in [0, 0.05) is 26.2 Å². The molecule has 12 nitrogen and oxygen atoms in total. The minimum absolute atomic E-state index is 0.384. The van der Waals surface area contributed by atoms with Gasteiger partial charge in [-0.15, -0.1) is 9.97 Å². The highest BCUT2D eigenvalue weighted by molar-refractivity contribution is 5.40. The Labute approximate surface area is 620 Å². The van der Waals surface area contributed by atoms with Crippen molar-refractivity contribution in [2.75, 3.05) is 62.4 Å². The van der Waals surface area contributed by atoms with Crippen molar-refractivity contribution in [2.45, 2.75) is 192 Å². The van der Waals surface area contributed by atoms with Crippen LogP contribution in [-0.4, -0.2) is 274 Å². The minimum atomic E-state index is -9.35. The van der Waals surface area contributed by atoms with Gasteiger partial charge in [0.15, 0.2) is 26.4 Å². The van der Waals surface area contributed by atoms with E-state index >= 15 is 0 Å². The third-order valence-electron chi connectivity index (χ3n) is 15.5. The number of hydrogen-bond acceptors (Lipinski definition) is 12. The smallest absolute Gasteiger partial charge is 0.385 e. The number of piperazine rings is 1. The predicted molar refractivity (Wildman–Crippen MR) is 249 cm³/mol. The van der Waals surface area contributed by atoms with Gasteiger partial charge >= 0.3 is 216 Å². The maximum Gasteiger partial charge on any atom is 0.385 e. The van der Waals surface area contributed by atoms with E-state index in [0.29, 0.717) is 0 Å². The van der Waals surface area contributed by atoms with Crippen LogP contribution in [0, 0.1) is 0 Å². The second-order valence-electron chi connectivity index (χ2n) is 23.5. The van der Waals surface area contributed by atoms with Crippen LogP contribution in [0.3, 0.4) is 0 Å². The van der Waals surface area contributed by atoms with Crippen molar-refractivity contribution < 1.29 is 300 Å². The van der Waals surface area contributed by atoms with E-state index in [2.05, 4.69) is 38.9 Å². The number of hydrogen-bond donors (Lipinski definition) is 0. The van der Waals surface area contributed by atoms with Crippen LogP contribution in [0.15, 0.2) is 0 Å². The number of nitrogens with zero attached hydrogens (tertiary/aromatic N) is 8. The number of aromatic nitrogens is 6. The molecule has 76 heteroatoms. The molecule has 3 rings (SSSR count). The molecule has 716 valence electrons. The molecule has 0 spiro atoms. The average molecular weight is 1960 g/mol. The van der Waals surface area contributed by atoms with Gasteiger partial charge in [0.25, 0.3) is 0 Å². The Bertz CT molecular complexity index is 3470. The summed E-state index contributed by atoms with van der Waals surface area (Å²) in [4.78, 5) is 13.2. The molecule has 0 amide bonds. The van der Waals surface area contributed by atoms with Crippen molar-refractivity contribution in [2.24, 2.45) is 0 Å². The van der Waals surface area contributed by atoms with Gasteiger partial charge in [0.2, 0.25) is 11.9 Å². The molecule has 0 bridgehead atoms. The van der Waals surface area contributed by atoms with Crippen molar-refractivity contribution in [3.05, 3.63) is 0 Å². The van der Waals surface area contributed by atoms with Crippen LogP contribution in [0.4, 0.5) is 293 Å². The summed E-state index contributed by atoms with van der Waals surface area (Å²) in [6, 6.07) is -12.5. The fourth-order valence-electron chi connectivity index (χ4n) is 7.96. The highest BCUT2D eigenvalue weighted by atomic mass is 19.4. The van der Waals surface area contributed by atoms with Crippen LogP contribution < -0.4 is 28.7 Å². The van der Waals surface area contributed by atoms with Crippen LogP contribution in [0.1, 0.15) is 0 Å². The first kappa shape index (κ1) is 109. The van der Waals surface area contributed by atoms with Crippen LogP contribution in [0.25, 0.3) is 0 Å². The lowest BCUT2D eigenvalue weighted by atomic mass is 9.89. The van der Waals surface area contributed by atoms with E-state index in [4.69, 9.17) is 0 Å². The van der Waals surface area contributed by atoms with Crippen molar-refractivity contribution in [3.63, 3.8) is 0 Å². The Morgan fingerprint density at radius 2 is 0.295 bits per heavy atom. The summed E-state index contributed by atoms with van der Waals surface area (Å²) in [5, 5.41) is 0. The lowest BCUT2D eigenvalue weighted by molar-refractivity contribution is -0.447. The van der Waals surface area contributed by atoms with Crippen LogP contribution in [-0.2, 0) is 0 Å². The molecule has 2 aromatic heterocycles. The molecule has 0 aromatic carbocycles. The summed E-state index contributed by atoms with van der Waals surface area (Å²) < 4.78 is 912. The zero-order chi connectivity index (χ0) is 97.7. The standard InChI is InChI=1S/C46H20F64N8O4/c47-9(48)23(63,64)31(79,80)39(95,96)43(103,104)35(87,88)27(71,72)19(55,56)5-119-15-111-13(112-16(115-15)120-6-20(57,58)28(73,74)36(89,90)44(105,106)40(97,98)32(81,82)24(65,66)10(49)50)117-1-2-118(4-3-117)14-113-17(121-7-21(59,60)29(75,76)37(91,92)45(107,108)41(99,100)33(83,84)25(67,68)11(51)52)116-18(114-14)122-8-22(61,62)30(77,78)38(93,94)46(109,110)42(101,102)34(85,86)26(69,70)12(53)54/h9-12H,1-8H2. The van der Waals surface area contributed by atoms with E-state index in [0.717, 1.165) is 0 Å². The first-order chi connectivity index (χ1) is 53.0. The van der Waals surface area contributed by atoms with E-state index in [9.17, 15) is 281 Å². The van der Waals surface area contributed by atoms with Crippen molar-refractivity contribution in [3.8, 4) is 24.0 Å². The van der Waals surface area contributed by atoms with Gasteiger partial charge < -0.3 is 28.7 Å². The van der Waals surface area contributed by atoms with E-state index in [1.54, 1.807) is 0 Å². The third-order valence-corrected chi connectivity index (χ3v) is 15.5. The molecule has 1 fully saturated rings. The molecule has 0 aliphatic carbocycles. The van der Waals surface area contributed by atoms with Gasteiger partial charge in [-0.3, -0.25) is 0 Å². The zero-order valence-corrected chi connectivity index (χ0v) is 54.4. The maximum absolute atomic E-state index is 15.0. The van der Waals surface area contributed by atoms with E-state index < -0.39 is 280 Å². The molecule has 2 aromatic rings. The maximum atomic E-state index is 15.0. The van der Waals surface area contributed by atoms with Crippen LogP contribution >= 0.6 is 0 Å². The number of rotatable bonds is 42. The molecule has 3 heterocycles. The number of halogens is 64. The summed E-state index contributed by atoms with van der Waals surface area (Å²) in [5.74, 6) is -251. The fourth-order valence-corrected chi connectivity index (χ4v) is 7.96. The Morgan fingerprint density at radius 1 is 0.180 bits per heavy atom. The van der Waals surface area contributed by atoms with E-state index in [-0.39, 0.29) is 9.80 Å². The van der Waals surface area contributed by atoms with Crippen molar-refractivity contribution >= 4 is 11.9 Å². The predicted octanol–water partition coefficient (Wildman–Crippen LogP) is 19.7. The fraction of sp³-hybridized carbons (Fsp3) is 0.870. The Balaban J connectivity index is 2.43. The van der Waals surface area contributed by atoms with Gasteiger partial charge in [-0.05, 0) is 0 Å². The molecule has 1 aliphatic heterocycles. The van der Waals surface area contributed by atoms with Gasteiger partial charge in [0.1, 0.15) is 0 Å². The van der Waals surface area contributed by atoms with Crippen molar-refractivity contribution in [1.82, 2.24) is 29.9 Å². The molecule has 122 heavy (non-hydrogen) atoms. The SMILES string of the molecule is FC(F)C(F)(F)C(F)(F)C(F)(F)C(F)(F)C(F)(F)C(F)(F)C(F)(F)COc1nc(OCC(F)(F)C(F)(F)C(F)(F)C(F)(F)C(F)(F)C(F)(F)C(F)(F)C(F)F)nc(N2CCN(c3nc(OCC(F)(F)C(F)(F)C(F)(F)C(F)(F)C(F)(F)C(F)(F)C(F)(F)C(F)F)nc(OCC(F)(F)C(F)(F)C(F)(F)C(F)(F)C(F)(F)C(F)(F)C(F)(F)C(F)F)n3)CC2)n1. The average Bonchev–Trinajstić information content (AvgIpc) is 0.711. The number of ether oxygens (including phenoxy) is 4. The van der Waals surface area contributed by atoms with Gasteiger partial charge in [-0.1, -0.05) is 0 Å². The second-order valence-corrected chi connectivity index (χ2v) is 23.5. The second kappa shape index (κ2) is 31.1. The number of alkyl halides is 64. The van der Waals surface area contributed by atoms with Gasteiger partial charge in [-0.25, -0.2) is 35.1 Å². The first-order valence-electron chi connectivity index (χ1n) is 28.3. The highest BCUT2D eigenvalue weighted by Crippen LogP contribution is 2.69. The largest absolute Gasteiger partial charge is 0.457 e. The van der Waals surface area contributed by atoms with E-state index in [1.807, 2.05) is 9.97 Å². The summed E-state index contributed by atoms with van der Waals surface area (Å²) in [7, 11) is 0. The summed E-state index contributed by atoms with van der Waals surface area (Å²) in [5.41, 5.74) is 0. The molecule has 0 atom stereocenters. The first-order valence-corrected chi connectivity index (χ1v) is 28.3. The summed E-state index contributed by atoms with van der Waals surface area (Å²) in [6.07, 6.45) is -25.9. The topological polar surface area (TPSA) is 121 Å². The lowest BCUT2D eigenvalue weighted by Gasteiger charge is -2.42. The molecule has 0 radical (unpaired) electrons. The van der Waals surface area contributed by atoms with E-state index in [1.165, 1.54) is 0 Å². The van der Waals surface area contributed by atoms with Gasteiger partial charge in [0.05, 0.1) is 0 Å². The molecule has 0 N–H and O–H groups in total. The lowest BCUT2D eigenvalue weighted by Crippen LogP contribution is -2.74. The quantitative estimate of drug-likeness (QED) is 0.0589. The highest BCUT2D eigenvalue weighted by Gasteiger charge is 2.99. The molecular formula is C46H20F64N8O4. The zero-order valence-electron chi connectivity index (χ0n) is 54.4. The molecule has 1 aliphatic rings. The normalized spacial score (nSPS) is 16.8. The van der Waals surface area contributed by atoms with Crippen molar-refractivity contribution in [1.29, 1.82) is 0 Å². The molecule has 0 unspecified atom stereocenters. The summed E-state index contributed by atoms with van der Waals surface area (Å²) >= 11 is 0. The Morgan fingerprint density at radius 3 is 0.418 bits per heavy atom. The Kier molecular flexibility index (Phi) is 27.7. The molecule has 0 saturated carbocycles. The minimum Gasteiger partial charge on any atom is -0.457 e. The van der Waals surface area contributed by atoms with Crippen LogP contribution in [0.5, 0.6) is 24.0 Å². The molecular weight excluding hydrogens is 1940 g/mol. The summed E-state index contributed by atoms with van der Waals surface area (Å²) in [6.45, 7) is -25.7.